The fourth-order valence-electron chi connectivity index (χ4n) is 3.68. The minimum atomic E-state index is -0.476. The van der Waals surface area contributed by atoms with Crippen LogP contribution in [0.3, 0.4) is 0 Å². The number of aromatic nitrogens is 2. The highest BCUT2D eigenvalue weighted by atomic mass is 35.5. The monoisotopic (exact) mass is 445 g/mol. The number of nitrogens with two attached hydrogens (primary N) is 1. The van der Waals surface area contributed by atoms with Crippen molar-refractivity contribution in [1.82, 2.24) is 14.9 Å². The van der Waals surface area contributed by atoms with E-state index in [4.69, 9.17) is 26.8 Å². The Morgan fingerprint density at radius 3 is 2.87 bits per heavy atom. The average molecular weight is 446 g/mol. The molecule has 2 heterocycles. The number of hydrogen-bond acceptors (Lipinski definition) is 7. The molecule has 9 heteroatoms. The van der Waals surface area contributed by atoms with Crippen LogP contribution in [0.4, 0.5) is 15.9 Å². The van der Waals surface area contributed by atoms with Crippen LogP contribution in [0.1, 0.15) is 12.8 Å². The van der Waals surface area contributed by atoms with E-state index in [9.17, 15) is 4.39 Å². The summed E-state index contributed by atoms with van der Waals surface area (Å²) in [6.45, 7) is 3.49. The molecule has 1 fully saturated rings. The Labute approximate surface area is 185 Å². The van der Waals surface area contributed by atoms with Gasteiger partial charge in [0.15, 0.2) is 11.5 Å². The molecule has 1 aromatic heterocycles. The van der Waals surface area contributed by atoms with Gasteiger partial charge in [0.25, 0.3) is 0 Å². The molecule has 164 valence electrons. The van der Waals surface area contributed by atoms with E-state index in [1.54, 1.807) is 13.2 Å². The maximum Gasteiger partial charge on any atom is 0.162 e. The number of fused-ring (bicyclic) bond motifs is 1. The van der Waals surface area contributed by atoms with Gasteiger partial charge in [-0.3, -0.25) is 0 Å². The van der Waals surface area contributed by atoms with Crippen molar-refractivity contribution in [2.45, 2.75) is 18.9 Å². The van der Waals surface area contributed by atoms with Crippen molar-refractivity contribution in [3.05, 3.63) is 47.5 Å². The van der Waals surface area contributed by atoms with Crippen molar-refractivity contribution in [3.8, 4) is 11.5 Å². The fourth-order valence-corrected chi connectivity index (χ4v) is 3.86. The zero-order chi connectivity index (χ0) is 21.8. The molecular formula is C22H25ClFN5O2. The first-order chi connectivity index (χ1) is 15.0. The second-order valence-electron chi connectivity index (χ2n) is 7.55. The zero-order valence-corrected chi connectivity index (χ0v) is 18.0. The lowest BCUT2D eigenvalue weighted by Crippen LogP contribution is -2.28. The first kappa shape index (κ1) is 21.5. The second-order valence-corrected chi connectivity index (χ2v) is 7.95. The van der Waals surface area contributed by atoms with E-state index in [1.165, 1.54) is 18.5 Å². The van der Waals surface area contributed by atoms with Crippen LogP contribution in [0, 0.1) is 5.82 Å². The summed E-state index contributed by atoms with van der Waals surface area (Å²) >= 11 is 5.89. The molecule has 7 nitrogen and oxygen atoms in total. The van der Waals surface area contributed by atoms with Crippen LogP contribution in [0.15, 0.2) is 36.7 Å². The predicted molar refractivity (Wildman–Crippen MR) is 120 cm³/mol. The van der Waals surface area contributed by atoms with Crippen molar-refractivity contribution in [2.75, 3.05) is 38.7 Å². The van der Waals surface area contributed by atoms with Gasteiger partial charge in [0.05, 0.1) is 24.3 Å². The van der Waals surface area contributed by atoms with Gasteiger partial charge in [-0.25, -0.2) is 14.4 Å². The van der Waals surface area contributed by atoms with E-state index >= 15 is 0 Å². The van der Waals surface area contributed by atoms with Gasteiger partial charge in [-0.05, 0) is 43.7 Å². The molecule has 0 radical (unpaired) electrons. The minimum Gasteiger partial charge on any atom is -0.493 e. The number of methoxy groups -OCH3 is 1. The van der Waals surface area contributed by atoms with E-state index in [0.29, 0.717) is 35.1 Å². The van der Waals surface area contributed by atoms with Gasteiger partial charge in [0.1, 0.15) is 18.0 Å². The van der Waals surface area contributed by atoms with Crippen molar-refractivity contribution in [2.24, 2.45) is 5.73 Å². The number of hydrogen-bond donors (Lipinski definition) is 2. The number of halogens is 2. The zero-order valence-electron chi connectivity index (χ0n) is 17.3. The summed E-state index contributed by atoms with van der Waals surface area (Å²) in [5.74, 6) is 1.30. The first-order valence-electron chi connectivity index (χ1n) is 10.2. The van der Waals surface area contributed by atoms with Crippen LogP contribution >= 0.6 is 11.6 Å². The maximum atomic E-state index is 13.5. The molecule has 1 aliphatic rings. The molecule has 3 N–H and O–H groups in total. The maximum absolute atomic E-state index is 13.5. The molecule has 0 bridgehead atoms. The van der Waals surface area contributed by atoms with Gasteiger partial charge in [-0.15, -0.1) is 0 Å². The molecule has 0 amide bonds. The highest BCUT2D eigenvalue weighted by Gasteiger charge is 2.18. The summed E-state index contributed by atoms with van der Waals surface area (Å²) in [6.07, 6.45) is 3.39. The number of rotatable bonds is 8. The minimum absolute atomic E-state index is 0.0352. The summed E-state index contributed by atoms with van der Waals surface area (Å²) in [5, 5.41) is 3.96. The van der Waals surface area contributed by atoms with Crippen LogP contribution in [-0.2, 0) is 0 Å². The lowest BCUT2D eigenvalue weighted by molar-refractivity contribution is 0.253. The Bertz CT molecular complexity index is 1070. The third-order valence-electron chi connectivity index (χ3n) is 5.29. The molecule has 1 atom stereocenters. The number of nitrogens with zero attached hydrogens (tertiary/aromatic N) is 3. The molecule has 1 saturated heterocycles. The van der Waals surface area contributed by atoms with Crippen molar-refractivity contribution < 1.29 is 13.9 Å². The van der Waals surface area contributed by atoms with Crippen LogP contribution in [0.25, 0.3) is 10.9 Å². The summed E-state index contributed by atoms with van der Waals surface area (Å²) in [6, 6.07) is 8.36. The number of nitrogens with one attached hydrogen (secondary N) is 1. The Morgan fingerprint density at radius 2 is 2.13 bits per heavy atom. The summed E-state index contributed by atoms with van der Waals surface area (Å²) in [4.78, 5) is 11.0. The lowest BCUT2D eigenvalue weighted by atomic mass is 10.2. The summed E-state index contributed by atoms with van der Waals surface area (Å²) in [5.41, 5.74) is 7.28. The lowest BCUT2D eigenvalue weighted by Gasteiger charge is -2.16. The van der Waals surface area contributed by atoms with Crippen LogP contribution in [0.5, 0.6) is 11.5 Å². The number of ether oxygens (including phenoxy) is 2. The topological polar surface area (TPSA) is 85.5 Å². The number of benzene rings is 2. The van der Waals surface area contributed by atoms with Gasteiger partial charge < -0.3 is 25.4 Å². The summed E-state index contributed by atoms with van der Waals surface area (Å²) < 4.78 is 25.0. The molecule has 31 heavy (non-hydrogen) atoms. The quantitative estimate of drug-likeness (QED) is 0.507. The highest BCUT2D eigenvalue weighted by molar-refractivity contribution is 6.31. The van der Waals surface area contributed by atoms with Crippen molar-refractivity contribution >= 4 is 34.0 Å². The normalized spacial score (nSPS) is 16.6. The molecular weight excluding hydrogens is 421 g/mol. The molecule has 1 aliphatic heterocycles. The molecule has 0 aliphatic carbocycles. The molecule has 0 spiro atoms. The van der Waals surface area contributed by atoms with E-state index in [0.717, 1.165) is 37.9 Å². The van der Waals surface area contributed by atoms with E-state index in [-0.39, 0.29) is 11.1 Å². The van der Waals surface area contributed by atoms with E-state index < -0.39 is 5.82 Å². The van der Waals surface area contributed by atoms with Crippen LogP contribution in [-0.4, -0.2) is 54.3 Å². The third-order valence-corrected chi connectivity index (χ3v) is 5.58. The predicted octanol–water partition coefficient (Wildman–Crippen LogP) is 3.98. The molecule has 0 unspecified atom stereocenters. The molecule has 2 aromatic carbocycles. The van der Waals surface area contributed by atoms with Gasteiger partial charge in [0, 0.05) is 36.3 Å². The Kier molecular flexibility index (Phi) is 6.70. The first-order valence-corrected chi connectivity index (χ1v) is 10.6. The SMILES string of the molecule is COc1cc2ncnc(Nc3ccc(F)c(Cl)c3)c2cc1OCCCN1CC[C@@H](N)C1. The molecule has 0 saturated carbocycles. The Morgan fingerprint density at radius 1 is 1.26 bits per heavy atom. The van der Waals surface area contributed by atoms with Crippen LogP contribution < -0.4 is 20.5 Å². The number of anilines is 2. The van der Waals surface area contributed by atoms with Crippen molar-refractivity contribution in [1.29, 1.82) is 0 Å². The standard InChI is InChI=1S/C22H25ClFN5O2/c1-30-20-11-19-16(10-21(20)31-8-2-6-29-7-5-14(25)12-29)22(27-13-26-19)28-15-3-4-18(24)17(23)9-15/h3-4,9-11,13-14H,2,5-8,12,25H2,1H3,(H,26,27,28)/t14-/m1/s1. The smallest absolute Gasteiger partial charge is 0.162 e. The Hall–Kier alpha value is -2.68. The summed E-state index contributed by atoms with van der Waals surface area (Å²) in [7, 11) is 1.60. The fraction of sp³-hybridized carbons (Fsp3) is 0.364. The van der Waals surface area contributed by atoms with E-state index in [2.05, 4.69) is 20.2 Å². The van der Waals surface area contributed by atoms with E-state index in [1.807, 2.05) is 12.1 Å². The second kappa shape index (κ2) is 9.64. The van der Waals surface area contributed by atoms with Crippen molar-refractivity contribution in [3.63, 3.8) is 0 Å². The highest BCUT2D eigenvalue weighted by Crippen LogP contribution is 2.35. The van der Waals surface area contributed by atoms with Gasteiger partial charge in [0.2, 0.25) is 0 Å². The van der Waals surface area contributed by atoms with Crippen LogP contribution in [0.2, 0.25) is 5.02 Å². The Balaban J connectivity index is 1.51. The van der Waals surface area contributed by atoms with Gasteiger partial charge >= 0.3 is 0 Å². The van der Waals surface area contributed by atoms with Gasteiger partial charge in [-0.2, -0.15) is 0 Å². The number of likely N-dealkylation sites (tertiary alicyclic amines) is 1. The average Bonchev–Trinajstić information content (AvgIpc) is 3.18. The molecule has 3 aromatic rings. The largest absolute Gasteiger partial charge is 0.493 e. The third kappa shape index (κ3) is 5.15. The molecule has 4 rings (SSSR count). The van der Waals surface area contributed by atoms with Gasteiger partial charge in [-0.1, -0.05) is 11.6 Å².